The second kappa shape index (κ2) is 4.90. The van der Waals surface area contributed by atoms with Crippen molar-refractivity contribution in [3.8, 4) is 0 Å². The maximum Gasteiger partial charge on any atom is 0.416 e. The van der Waals surface area contributed by atoms with E-state index in [-0.39, 0.29) is 12.1 Å². The molecule has 2 unspecified atom stereocenters. The predicted octanol–water partition coefficient (Wildman–Crippen LogP) is 2.63. The number of benzene rings is 1. The molecule has 0 amide bonds. The summed E-state index contributed by atoms with van der Waals surface area (Å²) in [6.07, 6.45) is -3.45. The minimum absolute atomic E-state index is 0.0584. The number of hydrogen-bond acceptors (Lipinski definition) is 2. The molecule has 0 aromatic heterocycles. The molecule has 2 atom stereocenters. The van der Waals surface area contributed by atoms with Crippen LogP contribution in [0.25, 0.3) is 0 Å². The van der Waals surface area contributed by atoms with Gasteiger partial charge in [0, 0.05) is 25.2 Å². The molecule has 2 nitrogen and oxygen atoms in total. The van der Waals surface area contributed by atoms with Crippen molar-refractivity contribution in [1.82, 2.24) is 4.90 Å². The lowest BCUT2D eigenvalue weighted by Gasteiger charge is -2.24. The van der Waals surface area contributed by atoms with Crippen LogP contribution in [0.4, 0.5) is 13.2 Å². The van der Waals surface area contributed by atoms with E-state index in [1.165, 1.54) is 6.07 Å². The van der Waals surface area contributed by atoms with Crippen molar-refractivity contribution in [3.63, 3.8) is 0 Å². The van der Waals surface area contributed by atoms with Gasteiger partial charge in [-0.05, 0) is 25.0 Å². The summed E-state index contributed by atoms with van der Waals surface area (Å²) in [4.78, 5) is 2.01. The molecule has 2 rings (SSSR count). The molecular formula is C13H17F3N2. The van der Waals surface area contributed by atoms with Crippen LogP contribution in [0, 0.1) is 0 Å². The first kappa shape index (κ1) is 13.4. The van der Waals surface area contributed by atoms with Gasteiger partial charge in [-0.3, -0.25) is 4.90 Å². The summed E-state index contributed by atoms with van der Waals surface area (Å²) in [5.41, 5.74) is 5.66. The number of nitrogens with zero attached hydrogens (tertiary/aromatic N) is 1. The van der Waals surface area contributed by atoms with E-state index in [4.69, 9.17) is 5.73 Å². The van der Waals surface area contributed by atoms with Crippen LogP contribution in [0.1, 0.15) is 24.5 Å². The third kappa shape index (κ3) is 2.67. The zero-order valence-electron chi connectivity index (χ0n) is 10.2. The van der Waals surface area contributed by atoms with Gasteiger partial charge in [0.2, 0.25) is 0 Å². The minimum Gasteiger partial charge on any atom is -0.326 e. The monoisotopic (exact) mass is 258 g/mol. The largest absolute Gasteiger partial charge is 0.416 e. The van der Waals surface area contributed by atoms with E-state index < -0.39 is 11.7 Å². The highest BCUT2D eigenvalue weighted by atomic mass is 19.4. The minimum atomic E-state index is -4.29. The Balaban J connectivity index is 2.20. The van der Waals surface area contributed by atoms with E-state index in [1.807, 2.05) is 11.8 Å². The Hall–Kier alpha value is -1.07. The van der Waals surface area contributed by atoms with Crippen molar-refractivity contribution in [2.24, 2.45) is 5.73 Å². The number of alkyl halides is 3. The van der Waals surface area contributed by atoms with E-state index in [0.29, 0.717) is 12.1 Å². The summed E-state index contributed by atoms with van der Waals surface area (Å²) < 4.78 is 38.6. The molecule has 0 saturated carbocycles. The van der Waals surface area contributed by atoms with Crippen molar-refractivity contribution in [2.75, 3.05) is 6.54 Å². The maximum atomic E-state index is 12.9. The summed E-state index contributed by atoms with van der Waals surface area (Å²) in [6.45, 7) is 3.03. The van der Waals surface area contributed by atoms with Crippen molar-refractivity contribution < 1.29 is 13.2 Å². The van der Waals surface area contributed by atoms with Gasteiger partial charge in [0.15, 0.2) is 0 Å². The highest BCUT2D eigenvalue weighted by Gasteiger charge is 2.35. The second-order valence-electron chi connectivity index (χ2n) is 4.82. The molecular weight excluding hydrogens is 241 g/mol. The summed E-state index contributed by atoms with van der Waals surface area (Å²) in [7, 11) is 0. The van der Waals surface area contributed by atoms with Gasteiger partial charge in [-0.1, -0.05) is 18.2 Å². The molecule has 100 valence electrons. The van der Waals surface area contributed by atoms with E-state index in [1.54, 1.807) is 12.1 Å². The van der Waals surface area contributed by atoms with Crippen LogP contribution in [0.3, 0.4) is 0 Å². The summed E-state index contributed by atoms with van der Waals surface area (Å²) >= 11 is 0. The van der Waals surface area contributed by atoms with Gasteiger partial charge >= 0.3 is 6.18 Å². The van der Waals surface area contributed by atoms with Crippen molar-refractivity contribution in [1.29, 1.82) is 0 Å². The lowest BCUT2D eigenvalue weighted by molar-refractivity contribution is -0.138. The van der Waals surface area contributed by atoms with Crippen LogP contribution >= 0.6 is 0 Å². The zero-order chi connectivity index (χ0) is 13.3. The smallest absolute Gasteiger partial charge is 0.326 e. The fraction of sp³-hybridized carbons (Fsp3) is 0.538. The molecule has 1 aromatic carbocycles. The molecule has 18 heavy (non-hydrogen) atoms. The topological polar surface area (TPSA) is 29.3 Å². The van der Waals surface area contributed by atoms with Gasteiger partial charge in [-0.25, -0.2) is 0 Å². The molecule has 1 aliphatic heterocycles. The fourth-order valence-electron chi connectivity index (χ4n) is 2.41. The first-order valence-corrected chi connectivity index (χ1v) is 6.04. The van der Waals surface area contributed by atoms with Crippen LogP contribution in [0.2, 0.25) is 0 Å². The molecule has 0 bridgehead atoms. The number of rotatable bonds is 2. The molecule has 5 heteroatoms. The summed E-state index contributed by atoms with van der Waals surface area (Å²) in [5.74, 6) is 0. The Morgan fingerprint density at radius 1 is 1.33 bits per heavy atom. The molecule has 1 aliphatic rings. The zero-order valence-corrected chi connectivity index (χ0v) is 10.2. The SMILES string of the molecule is CC1C(N)CCN1Cc1ccccc1C(F)(F)F. The Kier molecular flexibility index (Phi) is 3.64. The molecule has 1 fully saturated rings. The van der Waals surface area contributed by atoms with Crippen LogP contribution in [0.15, 0.2) is 24.3 Å². The van der Waals surface area contributed by atoms with Crippen LogP contribution in [0.5, 0.6) is 0 Å². The predicted molar refractivity (Wildman–Crippen MR) is 63.9 cm³/mol. The van der Waals surface area contributed by atoms with E-state index in [2.05, 4.69) is 0 Å². The molecule has 0 radical (unpaired) electrons. The van der Waals surface area contributed by atoms with Crippen molar-refractivity contribution in [2.45, 2.75) is 38.1 Å². The molecule has 0 spiro atoms. The number of likely N-dealkylation sites (tertiary alicyclic amines) is 1. The Morgan fingerprint density at radius 2 is 2.00 bits per heavy atom. The third-order valence-electron chi connectivity index (χ3n) is 3.64. The number of nitrogens with two attached hydrogens (primary N) is 1. The Labute approximate surface area is 105 Å². The quantitative estimate of drug-likeness (QED) is 0.883. The van der Waals surface area contributed by atoms with Gasteiger partial charge in [0.05, 0.1) is 5.56 Å². The van der Waals surface area contributed by atoms with Gasteiger partial charge < -0.3 is 5.73 Å². The van der Waals surface area contributed by atoms with Crippen LogP contribution in [-0.2, 0) is 12.7 Å². The Bertz CT molecular complexity index is 417. The van der Waals surface area contributed by atoms with Crippen LogP contribution < -0.4 is 5.73 Å². The summed E-state index contributed by atoms with van der Waals surface area (Å²) in [5, 5.41) is 0. The van der Waals surface area contributed by atoms with Crippen molar-refractivity contribution in [3.05, 3.63) is 35.4 Å². The lowest BCUT2D eigenvalue weighted by Crippen LogP contribution is -2.36. The molecule has 1 saturated heterocycles. The van der Waals surface area contributed by atoms with Crippen molar-refractivity contribution >= 4 is 0 Å². The molecule has 1 heterocycles. The summed E-state index contributed by atoms with van der Waals surface area (Å²) in [6, 6.07) is 5.93. The first-order chi connectivity index (χ1) is 8.39. The molecule has 0 aliphatic carbocycles. The van der Waals surface area contributed by atoms with E-state index in [0.717, 1.165) is 19.0 Å². The third-order valence-corrected chi connectivity index (χ3v) is 3.64. The van der Waals surface area contributed by atoms with Crippen LogP contribution in [-0.4, -0.2) is 23.5 Å². The standard InChI is InChI=1S/C13H17F3N2/c1-9-12(17)6-7-18(9)8-10-4-2-3-5-11(10)13(14,15)16/h2-5,9,12H,6-8,17H2,1H3. The molecule has 2 N–H and O–H groups in total. The Morgan fingerprint density at radius 3 is 2.56 bits per heavy atom. The average molecular weight is 258 g/mol. The normalized spacial score (nSPS) is 25.6. The molecule has 1 aromatic rings. The van der Waals surface area contributed by atoms with Gasteiger partial charge in [-0.15, -0.1) is 0 Å². The first-order valence-electron chi connectivity index (χ1n) is 6.04. The van der Waals surface area contributed by atoms with Gasteiger partial charge in [0.1, 0.15) is 0 Å². The number of halogens is 3. The fourth-order valence-corrected chi connectivity index (χ4v) is 2.41. The van der Waals surface area contributed by atoms with E-state index in [9.17, 15) is 13.2 Å². The highest BCUT2D eigenvalue weighted by molar-refractivity contribution is 5.29. The van der Waals surface area contributed by atoms with E-state index >= 15 is 0 Å². The maximum absolute atomic E-state index is 12.9. The average Bonchev–Trinajstić information content (AvgIpc) is 2.60. The lowest BCUT2D eigenvalue weighted by atomic mass is 10.1. The number of hydrogen-bond donors (Lipinski definition) is 1. The second-order valence-corrected chi connectivity index (χ2v) is 4.82. The van der Waals surface area contributed by atoms with Gasteiger partial charge in [-0.2, -0.15) is 13.2 Å². The highest BCUT2D eigenvalue weighted by Crippen LogP contribution is 2.33. The van der Waals surface area contributed by atoms with Gasteiger partial charge in [0.25, 0.3) is 0 Å².